The minimum atomic E-state index is -0.571. The summed E-state index contributed by atoms with van der Waals surface area (Å²) in [5.41, 5.74) is 0.151. The number of amides is 3. The van der Waals surface area contributed by atoms with Crippen LogP contribution in [0.2, 0.25) is 0 Å². The van der Waals surface area contributed by atoms with Crippen LogP contribution in [0, 0.1) is 0 Å². The molecular formula is C8H8N4O2. The van der Waals surface area contributed by atoms with Gasteiger partial charge in [-0.05, 0) is 13.8 Å². The van der Waals surface area contributed by atoms with Gasteiger partial charge in [-0.15, -0.1) is 0 Å². The van der Waals surface area contributed by atoms with E-state index in [2.05, 4.69) is 15.0 Å². The van der Waals surface area contributed by atoms with Gasteiger partial charge >= 0.3 is 6.03 Å². The Balaban J connectivity index is 2.45. The monoisotopic (exact) mass is 192 g/mol. The average molecular weight is 192 g/mol. The SMILES string of the molecule is CC(C)N1C(=O)N=C2N=CN=C2C1=O. The molecular weight excluding hydrogens is 184 g/mol. The van der Waals surface area contributed by atoms with Crippen LogP contribution < -0.4 is 0 Å². The summed E-state index contributed by atoms with van der Waals surface area (Å²) in [6.45, 7) is 3.49. The van der Waals surface area contributed by atoms with Gasteiger partial charge in [-0.25, -0.2) is 14.8 Å². The third-order valence-corrected chi connectivity index (χ3v) is 1.92. The van der Waals surface area contributed by atoms with Crippen LogP contribution >= 0.6 is 0 Å². The highest BCUT2D eigenvalue weighted by molar-refractivity contribution is 6.71. The van der Waals surface area contributed by atoms with Crippen molar-refractivity contribution in [3.63, 3.8) is 0 Å². The molecule has 0 aromatic rings. The van der Waals surface area contributed by atoms with Crippen LogP contribution in [0.4, 0.5) is 4.79 Å². The predicted molar refractivity (Wildman–Crippen MR) is 50.7 cm³/mol. The molecule has 2 heterocycles. The molecule has 0 fully saturated rings. The molecule has 0 atom stereocenters. The number of carbonyl (C=O) groups is 2. The van der Waals surface area contributed by atoms with E-state index in [4.69, 9.17) is 0 Å². The topological polar surface area (TPSA) is 74.5 Å². The van der Waals surface area contributed by atoms with Crippen molar-refractivity contribution in [1.29, 1.82) is 0 Å². The molecule has 0 spiro atoms. The standard InChI is InChI=1S/C8H8N4O2/c1-4(2)12-7(13)5-6(10-3-9-5)11-8(12)14/h3-4H,1-2H3. The summed E-state index contributed by atoms with van der Waals surface area (Å²) in [5.74, 6) is -0.301. The van der Waals surface area contributed by atoms with E-state index >= 15 is 0 Å². The third kappa shape index (κ3) is 1.07. The zero-order valence-electron chi connectivity index (χ0n) is 7.76. The minimum absolute atomic E-state index is 0.122. The number of urea groups is 1. The Labute approximate surface area is 80.1 Å². The van der Waals surface area contributed by atoms with Crippen molar-refractivity contribution in [2.75, 3.05) is 0 Å². The van der Waals surface area contributed by atoms with Crippen molar-refractivity contribution in [3.05, 3.63) is 0 Å². The van der Waals surface area contributed by atoms with E-state index in [1.165, 1.54) is 6.34 Å². The van der Waals surface area contributed by atoms with Crippen LogP contribution in [-0.2, 0) is 4.79 Å². The van der Waals surface area contributed by atoms with Crippen LogP contribution in [0.3, 0.4) is 0 Å². The maximum absolute atomic E-state index is 11.7. The summed E-state index contributed by atoms with van der Waals surface area (Å²) in [4.78, 5) is 35.2. The molecule has 0 N–H and O–H groups in total. The van der Waals surface area contributed by atoms with Crippen molar-refractivity contribution in [1.82, 2.24) is 4.90 Å². The van der Waals surface area contributed by atoms with Crippen LogP contribution in [0.1, 0.15) is 13.8 Å². The lowest BCUT2D eigenvalue weighted by Gasteiger charge is -2.24. The minimum Gasteiger partial charge on any atom is -0.267 e. The van der Waals surface area contributed by atoms with E-state index in [1.54, 1.807) is 13.8 Å². The number of imide groups is 1. The van der Waals surface area contributed by atoms with Crippen molar-refractivity contribution < 1.29 is 9.59 Å². The first-order valence-electron chi connectivity index (χ1n) is 4.18. The highest BCUT2D eigenvalue weighted by atomic mass is 16.2. The summed E-state index contributed by atoms with van der Waals surface area (Å²) >= 11 is 0. The van der Waals surface area contributed by atoms with Gasteiger partial charge in [-0.1, -0.05) is 0 Å². The molecule has 2 aliphatic rings. The van der Waals surface area contributed by atoms with Crippen LogP contribution in [0.5, 0.6) is 0 Å². The maximum Gasteiger partial charge on any atom is 0.352 e. The van der Waals surface area contributed by atoms with Crippen molar-refractivity contribution >= 4 is 29.8 Å². The summed E-state index contributed by atoms with van der Waals surface area (Å²) in [5, 5.41) is 0. The fourth-order valence-electron chi connectivity index (χ4n) is 1.29. The molecule has 0 aromatic carbocycles. The molecule has 3 amide bonds. The lowest BCUT2D eigenvalue weighted by molar-refractivity contribution is -0.122. The maximum atomic E-state index is 11.7. The molecule has 0 saturated carbocycles. The Morgan fingerprint density at radius 1 is 1.36 bits per heavy atom. The zero-order chi connectivity index (χ0) is 10.3. The summed E-state index contributed by atoms with van der Waals surface area (Å²) in [7, 11) is 0. The number of fused-ring (bicyclic) bond motifs is 1. The van der Waals surface area contributed by atoms with Gasteiger partial charge in [0.05, 0.1) is 0 Å². The van der Waals surface area contributed by atoms with Gasteiger partial charge in [0, 0.05) is 6.04 Å². The number of carbonyl (C=O) groups excluding carboxylic acids is 2. The van der Waals surface area contributed by atoms with Gasteiger partial charge in [0.1, 0.15) is 6.34 Å². The first kappa shape index (κ1) is 8.74. The van der Waals surface area contributed by atoms with Gasteiger partial charge in [0.25, 0.3) is 5.91 Å². The van der Waals surface area contributed by atoms with E-state index in [0.717, 1.165) is 4.90 Å². The molecule has 0 aliphatic carbocycles. The van der Waals surface area contributed by atoms with E-state index < -0.39 is 11.9 Å². The average Bonchev–Trinajstić information content (AvgIpc) is 2.50. The van der Waals surface area contributed by atoms with Crippen molar-refractivity contribution in [3.8, 4) is 0 Å². The number of hydrogen-bond donors (Lipinski definition) is 0. The quantitative estimate of drug-likeness (QED) is 0.596. The summed E-state index contributed by atoms with van der Waals surface area (Å²) < 4.78 is 0. The fourth-order valence-corrected chi connectivity index (χ4v) is 1.29. The molecule has 0 radical (unpaired) electrons. The predicted octanol–water partition coefficient (Wildman–Crippen LogP) is 0.238. The second-order valence-corrected chi connectivity index (χ2v) is 3.21. The smallest absolute Gasteiger partial charge is 0.267 e. The van der Waals surface area contributed by atoms with E-state index in [-0.39, 0.29) is 17.6 Å². The van der Waals surface area contributed by atoms with Gasteiger partial charge in [-0.3, -0.25) is 9.69 Å². The molecule has 2 aliphatic heterocycles. The van der Waals surface area contributed by atoms with Gasteiger partial charge in [-0.2, -0.15) is 4.99 Å². The summed E-state index contributed by atoms with van der Waals surface area (Å²) in [6.07, 6.45) is 1.23. The Morgan fingerprint density at radius 3 is 2.71 bits per heavy atom. The van der Waals surface area contributed by atoms with Crippen molar-refractivity contribution in [2.24, 2.45) is 15.0 Å². The molecule has 0 unspecified atom stereocenters. The highest BCUT2D eigenvalue weighted by Crippen LogP contribution is 2.12. The number of amidine groups is 1. The second-order valence-electron chi connectivity index (χ2n) is 3.21. The normalized spacial score (nSPS) is 20.1. The first-order valence-corrected chi connectivity index (χ1v) is 4.18. The fraction of sp³-hybridized carbons (Fsp3) is 0.375. The first-order chi connectivity index (χ1) is 6.61. The number of hydrogen-bond acceptors (Lipinski definition) is 4. The molecule has 14 heavy (non-hydrogen) atoms. The molecule has 0 bridgehead atoms. The van der Waals surface area contributed by atoms with Gasteiger partial charge < -0.3 is 0 Å². The van der Waals surface area contributed by atoms with Gasteiger partial charge in [0.2, 0.25) is 0 Å². The van der Waals surface area contributed by atoms with E-state index in [9.17, 15) is 9.59 Å². The van der Waals surface area contributed by atoms with Crippen LogP contribution in [0.25, 0.3) is 0 Å². The third-order valence-electron chi connectivity index (χ3n) is 1.92. The molecule has 6 heteroatoms. The molecule has 0 aromatic heterocycles. The summed E-state index contributed by atoms with van der Waals surface area (Å²) in [6, 6.07) is -0.790. The number of aliphatic imine (C=N–C) groups is 3. The van der Waals surface area contributed by atoms with Crippen LogP contribution in [-0.4, -0.2) is 40.8 Å². The highest BCUT2D eigenvalue weighted by Gasteiger charge is 2.36. The zero-order valence-corrected chi connectivity index (χ0v) is 7.76. The lowest BCUT2D eigenvalue weighted by atomic mass is 10.2. The Bertz CT molecular complexity index is 406. The largest absolute Gasteiger partial charge is 0.352 e. The Morgan fingerprint density at radius 2 is 2.07 bits per heavy atom. The Hall–Kier alpha value is -1.85. The van der Waals surface area contributed by atoms with Crippen LogP contribution in [0.15, 0.2) is 15.0 Å². The van der Waals surface area contributed by atoms with E-state index in [0.29, 0.717) is 0 Å². The molecule has 6 nitrogen and oxygen atoms in total. The lowest BCUT2D eigenvalue weighted by Crippen LogP contribution is -2.49. The van der Waals surface area contributed by atoms with Gasteiger partial charge in [0.15, 0.2) is 11.5 Å². The van der Waals surface area contributed by atoms with E-state index in [1.807, 2.05) is 0 Å². The Kier molecular flexibility index (Phi) is 1.77. The molecule has 2 rings (SSSR count). The number of rotatable bonds is 1. The molecule has 0 saturated heterocycles. The molecule has 72 valence electrons. The second kappa shape index (κ2) is 2.83. The number of nitrogens with zero attached hydrogens (tertiary/aromatic N) is 4. The van der Waals surface area contributed by atoms with Crippen molar-refractivity contribution in [2.45, 2.75) is 19.9 Å².